The first kappa shape index (κ1) is 17.1. The number of aryl methyl sites for hydroxylation is 1. The number of carbonyl (C=O) groups is 1. The molecule has 0 bridgehead atoms. The van der Waals surface area contributed by atoms with Gasteiger partial charge in [0.25, 0.3) is 0 Å². The first-order valence-electron chi connectivity index (χ1n) is 8.82. The summed E-state index contributed by atoms with van der Waals surface area (Å²) in [5, 5.41) is 7.21. The summed E-state index contributed by atoms with van der Waals surface area (Å²) >= 11 is 0. The van der Waals surface area contributed by atoms with Gasteiger partial charge in [-0.25, -0.2) is 0 Å². The van der Waals surface area contributed by atoms with Crippen molar-refractivity contribution in [2.75, 3.05) is 12.4 Å². The molecule has 27 heavy (non-hydrogen) atoms. The zero-order valence-electron chi connectivity index (χ0n) is 15.3. The van der Waals surface area contributed by atoms with Gasteiger partial charge in [-0.3, -0.25) is 9.48 Å². The molecule has 6 heteroatoms. The van der Waals surface area contributed by atoms with Crippen molar-refractivity contribution >= 4 is 11.7 Å². The molecule has 0 unspecified atom stereocenters. The predicted octanol–water partition coefficient (Wildman–Crippen LogP) is 3.48. The van der Waals surface area contributed by atoms with E-state index in [1.807, 2.05) is 55.6 Å². The Balaban J connectivity index is 1.74. The highest BCUT2D eigenvalue weighted by Crippen LogP contribution is 2.44. The Kier molecular flexibility index (Phi) is 4.54. The lowest BCUT2D eigenvalue weighted by Crippen LogP contribution is -2.24. The maximum Gasteiger partial charge on any atom is 0.226 e. The zero-order chi connectivity index (χ0) is 18.8. The number of methoxy groups -OCH3 is 1. The maximum absolute atomic E-state index is 12.3. The highest BCUT2D eigenvalue weighted by atomic mass is 16.5. The molecule has 1 aliphatic rings. The largest absolute Gasteiger partial charge is 0.493 e. The number of ether oxygens (including phenoxy) is 2. The van der Waals surface area contributed by atoms with Gasteiger partial charge in [0.2, 0.25) is 5.91 Å². The summed E-state index contributed by atoms with van der Waals surface area (Å²) in [5.41, 5.74) is 2.97. The second-order valence-electron chi connectivity index (χ2n) is 6.53. The average molecular weight is 363 g/mol. The molecule has 2 aromatic carbocycles. The van der Waals surface area contributed by atoms with E-state index in [9.17, 15) is 4.79 Å². The Morgan fingerprint density at radius 3 is 2.74 bits per heavy atom. The molecule has 1 aliphatic heterocycles. The maximum atomic E-state index is 12.3. The summed E-state index contributed by atoms with van der Waals surface area (Å²) in [4.78, 5) is 12.3. The number of rotatable bonds is 5. The SMILES string of the molecule is COc1cccc([C@@H]2CC(=O)Nc3c2cnn3C)c1OCc1ccccc1. The minimum atomic E-state index is -0.136. The summed E-state index contributed by atoms with van der Waals surface area (Å²) in [6, 6.07) is 15.8. The van der Waals surface area contributed by atoms with Crippen molar-refractivity contribution in [3.8, 4) is 11.5 Å². The van der Waals surface area contributed by atoms with Gasteiger partial charge in [-0.15, -0.1) is 0 Å². The van der Waals surface area contributed by atoms with E-state index in [2.05, 4.69) is 10.4 Å². The van der Waals surface area contributed by atoms with Gasteiger partial charge in [-0.2, -0.15) is 5.10 Å². The molecule has 0 radical (unpaired) electrons. The lowest BCUT2D eigenvalue weighted by Gasteiger charge is -2.25. The molecule has 1 N–H and O–H groups in total. The standard InChI is InChI=1S/C21H21N3O3/c1-24-21-17(12-22-24)16(11-19(25)23-21)15-9-6-10-18(26-2)20(15)27-13-14-7-4-3-5-8-14/h3-10,12,16H,11,13H2,1-2H3,(H,23,25)/t16-/m0/s1. The summed E-state index contributed by atoms with van der Waals surface area (Å²) in [6.07, 6.45) is 2.15. The number of hydrogen-bond donors (Lipinski definition) is 1. The lowest BCUT2D eigenvalue weighted by atomic mass is 9.86. The second-order valence-corrected chi connectivity index (χ2v) is 6.53. The molecular weight excluding hydrogens is 342 g/mol. The lowest BCUT2D eigenvalue weighted by molar-refractivity contribution is -0.116. The van der Waals surface area contributed by atoms with Crippen molar-refractivity contribution in [1.29, 1.82) is 0 Å². The van der Waals surface area contributed by atoms with Crippen molar-refractivity contribution in [3.05, 3.63) is 71.4 Å². The van der Waals surface area contributed by atoms with Crippen molar-refractivity contribution in [2.24, 2.45) is 7.05 Å². The second kappa shape index (κ2) is 7.15. The Hall–Kier alpha value is -3.28. The van der Waals surface area contributed by atoms with Crippen LogP contribution >= 0.6 is 0 Å². The molecule has 138 valence electrons. The van der Waals surface area contributed by atoms with Crippen LogP contribution in [0.2, 0.25) is 0 Å². The van der Waals surface area contributed by atoms with Crippen molar-refractivity contribution in [3.63, 3.8) is 0 Å². The quantitative estimate of drug-likeness (QED) is 0.754. The highest BCUT2D eigenvalue weighted by Gasteiger charge is 2.32. The molecule has 0 saturated heterocycles. The number of para-hydroxylation sites is 1. The molecular formula is C21H21N3O3. The van der Waals surface area contributed by atoms with Gasteiger partial charge in [0, 0.05) is 30.5 Å². The van der Waals surface area contributed by atoms with Crippen molar-refractivity contribution in [2.45, 2.75) is 18.9 Å². The first-order valence-corrected chi connectivity index (χ1v) is 8.82. The Labute approximate surface area is 157 Å². The third-order valence-corrected chi connectivity index (χ3v) is 4.82. The number of aromatic nitrogens is 2. The van der Waals surface area contributed by atoms with Crippen LogP contribution in [-0.2, 0) is 18.4 Å². The van der Waals surface area contributed by atoms with E-state index in [-0.39, 0.29) is 11.8 Å². The number of nitrogens with zero attached hydrogens (tertiary/aromatic N) is 2. The van der Waals surface area contributed by atoms with Crippen LogP contribution in [0.15, 0.2) is 54.7 Å². The minimum absolute atomic E-state index is 0.0343. The van der Waals surface area contributed by atoms with Crippen LogP contribution in [0.5, 0.6) is 11.5 Å². The number of anilines is 1. The Bertz CT molecular complexity index is 966. The van der Waals surface area contributed by atoms with Crippen molar-refractivity contribution in [1.82, 2.24) is 9.78 Å². The fraction of sp³-hybridized carbons (Fsp3) is 0.238. The van der Waals surface area contributed by atoms with E-state index in [0.717, 1.165) is 22.5 Å². The molecule has 0 saturated carbocycles. The number of benzene rings is 2. The summed E-state index contributed by atoms with van der Waals surface area (Å²) in [6.45, 7) is 0.424. The monoisotopic (exact) mass is 363 g/mol. The van der Waals surface area contributed by atoms with Crippen LogP contribution in [0, 0.1) is 0 Å². The summed E-state index contributed by atoms with van der Waals surface area (Å²) in [7, 11) is 3.44. The van der Waals surface area contributed by atoms with E-state index < -0.39 is 0 Å². The van der Waals surface area contributed by atoms with Crippen molar-refractivity contribution < 1.29 is 14.3 Å². The number of hydrogen-bond acceptors (Lipinski definition) is 4. The smallest absolute Gasteiger partial charge is 0.226 e. The number of carbonyl (C=O) groups excluding carboxylic acids is 1. The first-order chi connectivity index (χ1) is 13.2. The van der Waals surface area contributed by atoms with E-state index in [0.29, 0.717) is 24.5 Å². The summed E-state index contributed by atoms with van der Waals surface area (Å²) < 4.78 is 13.4. The minimum Gasteiger partial charge on any atom is -0.493 e. The van der Waals surface area contributed by atoms with Gasteiger partial charge < -0.3 is 14.8 Å². The highest BCUT2D eigenvalue weighted by molar-refractivity contribution is 5.94. The molecule has 2 heterocycles. The third-order valence-electron chi connectivity index (χ3n) is 4.82. The molecule has 3 aromatic rings. The molecule has 0 aliphatic carbocycles. The molecule has 4 rings (SSSR count). The van der Waals surface area contributed by atoms with Gasteiger partial charge in [0.1, 0.15) is 12.4 Å². The number of amides is 1. The van der Waals surface area contributed by atoms with Crippen LogP contribution in [-0.4, -0.2) is 22.8 Å². The zero-order valence-corrected chi connectivity index (χ0v) is 15.3. The molecule has 6 nitrogen and oxygen atoms in total. The van der Waals surface area contributed by atoms with Gasteiger partial charge in [0.05, 0.1) is 13.3 Å². The molecule has 0 fully saturated rings. The van der Waals surface area contributed by atoms with Crippen LogP contribution in [0.25, 0.3) is 0 Å². The van der Waals surface area contributed by atoms with E-state index in [1.165, 1.54) is 0 Å². The molecule has 1 atom stereocenters. The predicted molar refractivity (Wildman–Crippen MR) is 102 cm³/mol. The molecule has 1 aromatic heterocycles. The van der Waals surface area contributed by atoms with E-state index >= 15 is 0 Å². The van der Waals surface area contributed by atoms with Gasteiger partial charge in [-0.05, 0) is 11.6 Å². The normalized spacial score (nSPS) is 15.8. The number of fused-ring (bicyclic) bond motifs is 1. The van der Waals surface area contributed by atoms with Crippen LogP contribution < -0.4 is 14.8 Å². The third kappa shape index (κ3) is 3.26. The average Bonchev–Trinajstić information content (AvgIpc) is 3.07. The fourth-order valence-corrected chi connectivity index (χ4v) is 3.47. The van der Waals surface area contributed by atoms with Gasteiger partial charge >= 0.3 is 0 Å². The van der Waals surface area contributed by atoms with E-state index in [4.69, 9.17) is 9.47 Å². The Morgan fingerprint density at radius 2 is 1.96 bits per heavy atom. The topological polar surface area (TPSA) is 65.4 Å². The number of nitrogens with one attached hydrogen (secondary N) is 1. The van der Waals surface area contributed by atoms with Gasteiger partial charge in [0.15, 0.2) is 11.5 Å². The summed E-state index contributed by atoms with van der Waals surface area (Å²) in [5.74, 6) is 1.88. The van der Waals surface area contributed by atoms with Crippen LogP contribution in [0.3, 0.4) is 0 Å². The molecule has 0 spiro atoms. The van der Waals surface area contributed by atoms with Gasteiger partial charge in [-0.1, -0.05) is 42.5 Å². The van der Waals surface area contributed by atoms with Crippen LogP contribution in [0.1, 0.15) is 29.0 Å². The van der Waals surface area contributed by atoms with E-state index in [1.54, 1.807) is 18.0 Å². The molecule has 1 amide bonds. The Morgan fingerprint density at radius 1 is 1.15 bits per heavy atom. The van der Waals surface area contributed by atoms with Crippen LogP contribution in [0.4, 0.5) is 5.82 Å². The fourth-order valence-electron chi connectivity index (χ4n) is 3.47.